The van der Waals surface area contributed by atoms with E-state index in [0.717, 1.165) is 29.7 Å². The van der Waals surface area contributed by atoms with E-state index in [9.17, 15) is 4.79 Å². The molecule has 1 aliphatic carbocycles. The van der Waals surface area contributed by atoms with Crippen molar-refractivity contribution in [3.8, 4) is 5.75 Å². The monoisotopic (exact) mass is 252 g/mol. The van der Waals surface area contributed by atoms with E-state index in [1.54, 1.807) is 0 Å². The molecular formula is C17H16O2. The average Bonchev–Trinajstić information content (AvgIpc) is 2.46. The van der Waals surface area contributed by atoms with E-state index in [0.29, 0.717) is 12.4 Å². The predicted molar refractivity (Wildman–Crippen MR) is 74.2 cm³/mol. The van der Waals surface area contributed by atoms with Gasteiger partial charge in [0.2, 0.25) is 0 Å². The molecular weight excluding hydrogens is 236 g/mol. The Hall–Kier alpha value is -2.09. The highest BCUT2D eigenvalue weighted by Crippen LogP contribution is 2.33. The van der Waals surface area contributed by atoms with Gasteiger partial charge in [-0.15, -0.1) is 0 Å². The molecule has 0 radical (unpaired) electrons. The highest BCUT2D eigenvalue weighted by Gasteiger charge is 2.29. The molecule has 3 rings (SSSR count). The van der Waals surface area contributed by atoms with E-state index in [1.807, 2.05) is 54.6 Å². The van der Waals surface area contributed by atoms with E-state index in [1.165, 1.54) is 0 Å². The van der Waals surface area contributed by atoms with Gasteiger partial charge in [0, 0.05) is 12.3 Å². The number of benzene rings is 2. The maximum absolute atomic E-state index is 11.4. The summed E-state index contributed by atoms with van der Waals surface area (Å²) in [6, 6.07) is 18.0. The smallest absolute Gasteiger partial charge is 0.140 e. The molecule has 2 heteroatoms. The van der Waals surface area contributed by atoms with E-state index in [-0.39, 0.29) is 5.92 Å². The minimum atomic E-state index is 0.128. The van der Waals surface area contributed by atoms with Gasteiger partial charge in [-0.1, -0.05) is 42.5 Å². The van der Waals surface area contributed by atoms with Crippen molar-refractivity contribution in [3.05, 3.63) is 65.7 Å². The van der Waals surface area contributed by atoms with Crippen LogP contribution < -0.4 is 4.74 Å². The Balaban J connectivity index is 1.61. The summed E-state index contributed by atoms with van der Waals surface area (Å²) in [4.78, 5) is 11.4. The fraction of sp³-hybridized carbons (Fsp3) is 0.235. The van der Waals surface area contributed by atoms with Crippen LogP contribution in [0.15, 0.2) is 54.6 Å². The molecule has 0 aromatic heterocycles. The Kier molecular flexibility index (Phi) is 3.32. The van der Waals surface area contributed by atoms with Crippen LogP contribution in [0, 0.1) is 0 Å². The topological polar surface area (TPSA) is 26.3 Å². The summed E-state index contributed by atoms with van der Waals surface area (Å²) >= 11 is 0. The number of carbonyl (C=O) groups is 1. The molecule has 2 nitrogen and oxygen atoms in total. The van der Waals surface area contributed by atoms with Crippen LogP contribution in [0.2, 0.25) is 0 Å². The van der Waals surface area contributed by atoms with Crippen LogP contribution >= 0.6 is 0 Å². The van der Waals surface area contributed by atoms with Crippen molar-refractivity contribution in [2.45, 2.75) is 25.4 Å². The first-order valence-electron chi connectivity index (χ1n) is 6.62. The largest absolute Gasteiger partial charge is 0.489 e. The third-order valence-corrected chi connectivity index (χ3v) is 3.60. The first kappa shape index (κ1) is 12.0. The number of Topliss-reactive ketones (excluding diaryl/α,β-unsaturated/α-hetero) is 1. The molecule has 2 aromatic carbocycles. The molecule has 0 bridgehead atoms. The van der Waals surface area contributed by atoms with Crippen molar-refractivity contribution in [1.82, 2.24) is 0 Å². The predicted octanol–water partition coefficient (Wildman–Crippen LogP) is 3.71. The zero-order valence-corrected chi connectivity index (χ0v) is 10.7. The maximum atomic E-state index is 11.4. The number of ether oxygens (including phenoxy) is 1. The minimum Gasteiger partial charge on any atom is -0.489 e. The van der Waals surface area contributed by atoms with Gasteiger partial charge in [-0.05, 0) is 29.7 Å². The number of rotatable bonds is 4. The molecule has 0 saturated heterocycles. The van der Waals surface area contributed by atoms with Gasteiger partial charge >= 0.3 is 0 Å². The highest BCUT2D eigenvalue weighted by molar-refractivity contribution is 5.91. The third kappa shape index (κ3) is 2.68. The fourth-order valence-electron chi connectivity index (χ4n) is 2.30. The van der Waals surface area contributed by atoms with Crippen molar-refractivity contribution in [2.75, 3.05) is 0 Å². The molecule has 2 aromatic rings. The first-order chi connectivity index (χ1) is 9.33. The summed E-state index contributed by atoms with van der Waals surface area (Å²) in [5.41, 5.74) is 2.27. The molecule has 1 saturated carbocycles. The van der Waals surface area contributed by atoms with Crippen molar-refractivity contribution in [1.29, 1.82) is 0 Å². The Morgan fingerprint density at radius 3 is 2.32 bits per heavy atom. The normalized spacial score (nSPS) is 17.9. The molecule has 0 heterocycles. The molecule has 0 amide bonds. The Bertz CT molecular complexity index is 558. The van der Waals surface area contributed by atoms with Crippen molar-refractivity contribution in [2.24, 2.45) is 0 Å². The summed E-state index contributed by atoms with van der Waals surface area (Å²) in [7, 11) is 0. The zero-order chi connectivity index (χ0) is 13.1. The molecule has 1 aliphatic rings. The average molecular weight is 252 g/mol. The molecule has 1 atom stereocenters. The van der Waals surface area contributed by atoms with Crippen LogP contribution in [0.1, 0.15) is 29.9 Å². The van der Waals surface area contributed by atoms with Crippen LogP contribution in [-0.2, 0) is 11.4 Å². The number of hydrogen-bond acceptors (Lipinski definition) is 2. The number of hydrogen-bond donors (Lipinski definition) is 0. The quantitative estimate of drug-likeness (QED) is 0.829. The van der Waals surface area contributed by atoms with Gasteiger partial charge < -0.3 is 4.74 Å². The summed E-state index contributed by atoms with van der Waals surface area (Å²) in [5, 5.41) is 0. The SMILES string of the molecule is O=C1CC[C@H]1c1ccc(OCc2ccccc2)cc1. The maximum Gasteiger partial charge on any atom is 0.140 e. The van der Waals surface area contributed by atoms with E-state index in [2.05, 4.69) is 0 Å². The lowest BCUT2D eigenvalue weighted by atomic mass is 9.79. The third-order valence-electron chi connectivity index (χ3n) is 3.60. The van der Waals surface area contributed by atoms with Crippen LogP contribution in [0.25, 0.3) is 0 Å². The summed E-state index contributed by atoms with van der Waals surface area (Å²) in [6.45, 7) is 0.572. The van der Waals surface area contributed by atoms with Gasteiger partial charge in [-0.25, -0.2) is 0 Å². The van der Waals surface area contributed by atoms with Gasteiger partial charge in [-0.3, -0.25) is 4.79 Å². The second-order valence-electron chi connectivity index (χ2n) is 4.90. The zero-order valence-electron chi connectivity index (χ0n) is 10.7. The number of carbonyl (C=O) groups excluding carboxylic acids is 1. The van der Waals surface area contributed by atoms with Crippen LogP contribution in [0.4, 0.5) is 0 Å². The number of ketones is 1. The summed E-state index contributed by atoms with van der Waals surface area (Å²) in [6.07, 6.45) is 1.72. The molecule has 1 fully saturated rings. The van der Waals surface area contributed by atoms with Gasteiger partial charge in [0.05, 0.1) is 0 Å². The van der Waals surface area contributed by atoms with Gasteiger partial charge in [0.1, 0.15) is 18.1 Å². The van der Waals surface area contributed by atoms with Crippen molar-refractivity contribution in [3.63, 3.8) is 0 Å². The van der Waals surface area contributed by atoms with Crippen molar-refractivity contribution < 1.29 is 9.53 Å². The molecule has 0 spiro atoms. The van der Waals surface area contributed by atoms with Crippen LogP contribution in [-0.4, -0.2) is 5.78 Å². The van der Waals surface area contributed by atoms with Gasteiger partial charge in [0.25, 0.3) is 0 Å². The van der Waals surface area contributed by atoms with Crippen LogP contribution in [0.3, 0.4) is 0 Å². The molecule has 0 unspecified atom stereocenters. The van der Waals surface area contributed by atoms with Crippen LogP contribution in [0.5, 0.6) is 5.75 Å². The second kappa shape index (κ2) is 5.27. The highest BCUT2D eigenvalue weighted by atomic mass is 16.5. The molecule has 96 valence electrons. The summed E-state index contributed by atoms with van der Waals surface area (Å²) in [5.74, 6) is 1.33. The Morgan fingerprint density at radius 1 is 1.00 bits per heavy atom. The standard InChI is InChI=1S/C17H16O2/c18-17-11-10-16(17)14-6-8-15(9-7-14)19-12-13-4-2-1-3-5-13/h1-9,16H,10-12H2/t16-/m0/s1. The minimum absolute atomic E-state index is 0.128. The first-order valence-corrected chi connectivity index (χ1v) is 6.62. The summed E-state index contributed by atoms with van der Waals surface area (Å²) < 4.78 is 5.72. The lowest BCUT2D eigenvalue weighted by molar-refractivity contribution is -0.125. The Labute approximate surface area is 113 Å². The molecule has 0 aliphatic heterocycles. The molecule has 0 N–H and O–H groups in total. The van der Waals surface area contributed by atoms with E-state index < -0.39 is 0 Å². The fourth-order valence-corrected chi connectivity index (χ4v) is 2.30. The molecule has 19 heavy (non-hydrogen) atoms. The lowest BCUT2D eigenvalue weighted by Crippen LogP contribution is -2.22. The van der Waals surface area contributed by atoms with Gasteiger partial charge in [-0.2, -0.15) is 0 Å². The Morgan fingerprint density at radius 2 is 1.74 bits per heavy atom. The van der Waals surface area contributed by atoms with E-state index >= 15 is 0 Å². The second-order valence-corrected chi connectivity index (χ2v) is 4.90. The van der Waals surface area contributed by atoms with E-state index in [4.69, 9.17) is 4.74 Å². The van der Waals surface area contributed by atoms with Gasteiger partial charge in [0.15, 0.2) is 0 Å². The van der Waals surface area contributed by atoms with Crippen molar-refractivity contribution >= 4 is 5.78 Å². The lowest BCUT2D eigenvalue weighted by Gasteiger charge is -2.24.